The van der Waals surface area contributed by atoms with E-state index in [0.717, 1.165) is 17.8 Å². The van der Waals surface area contributed by atoms with E-state index in [1.807, 2.05) is 23.8 Å². The molecule has 1 heterocycles. The Kier molecular flexibility index (Phi) is 3.25. The lowest BCUT2D eigenvalue weighted by Crippen LogP contribution is -2.03. The molecule has 2 rings (SSSR count). The number of nitrogens with zero attached hydrogens (tertiary/aromatic N) is 2. The molecule has 0 saturated carbocycles. The number of aromatic nitrogens is 2. The third kappa shape index (κ3) is 2.25. The molecule has 0 bridgehead atoms. The van der Waals surface area contributed by atoms with Crippen LogP contribution in [0.25, 0.3) is 0 Å². The monoisotopic (exact) mass is 238 g/mol. The van der Waals surface area contributed by atoms with Crippen molar-refractivity contribution < 1.29 is 4.39 Å². The summed E-state index contributed by atoms with van der Waals surface area (Å²) in [6.45, 7) is 2.67. The molecule has 2 aromatic rings. The molecule has 1 aromatic heterocycles. The zero-order valence-corrected chi connectivity index (χ0v) is 9.71. The van der Waals surface area contributed by atoms with Crippen LogP contribution in [0.5, 0.6) is 0 Å². The number of hydrogen-bond donors (Lipinski definition) is 0. The first kappa shape index (κ1) is 11.1. The van der Waals surface area contributed by atoms with Crippen molar-refractivity contribution in [2.45, 2.75) is 19.9 Å². The van der Waals surface area contributed by atoms with Gasteiger partial charge >= 0.3 is 0 Å². The Balaban J connectivity index is 2.24. The summed E-state index contributed by atoms with van der Waals surface area (Å²) in [5.74, 6) is 0.618. The van der Waals surface area contributed by atoms with Crippen LogP contribution in [0.2, 0.25) is 5.02 Å². The molecular formula is C12H12ClFN2. The highest BCUT2D eigenvalue weighted by atomic mass is 35.5. The second kappa shape index (κ2) is 4.66. The first-order chi connectivity index (χ1) is 7.70. The molecule has 84 valence electrons. The van der Waals surface area contributed by atoms with Gasteiger partial charge < -0.3 is 4.57 Å². The van der Waals surface area contributed by atoms with Crippen LogP contribution in [0.3, 0.4) is 0 Å². The van der Waals surface area contributed by atoms with Gasteiger partial charge in [-0.2, -0.15) is 0 Å². The molecule has 0 saturated heterocycles. The number of halogens is 2. The Morgan fingerprint density at radius 3 is 2.94 bits per heavy atom. The second-order valence-electron chi connectivity index (χ2n) is 3.57. The summed E-state index contributed by atoms with van der Waals surface area (Å²) in [4.78, 5) is 4.21. The fourth-order valence-electron chi connectivity index (χ4n) is 1.63. The molecule has 0 aliphatic carbocycles. The highest BCUT2D eigenvalue weighted by Gasteiger charge is 2.04. The van der Waals surface area contributed by atoms with E-state index in [2.05, 4.69) is 4.98 Å². The molecule has 4 heteroatoms. The van der Waals surface area contributed by atoms with Crippen molar-refractivity contribution in [2.75, 3.05) is 0 Å². The minimum atomic E-state index is -0.377. The SMILES string of the molecule is CCc1nccn1Cc1ccc(Cl)c(F)c1. The van der Waals surface area contributed by atoms with Gasteiger partial charge in [0, 0.05) is 25.4 Å². The lowest BCUT2D eigenvalue weighted by molar-refractivity contribution is 0.622. The van der Waals surface area contributed by atoms with E-state index in [4.69, 9.17) is 11.6 Å². The topological polar surface area (TPSA) is 17.8 Å². The molecule has 0 aliphatic rings. The number of imidazole rings is 1. The molecular weight excluding hydrogens is 227 g/mol. The summed E-state index contributed by atoms with van der Waals surface area (Å²) < 4.78 is 15.2. The first-order valence-corrected chi connectivity index (χ1v) is 5.52. The molecule has 2 nitrogen and oxygen atoms in total. The van der Waals surface area contributed by atoms with Gasteiger partial charge in [0.2, 0.25) is 0 Å². The zero-order chi connectivity index (χ0) is 11.5. The maximum atomic E-state index is 13.2. The predicted octanol–water partition coefficient (Wildman–Crippen LogP) is 3.29. The van der Waals surface area contributed by atoms with Crippen LogP contribution in [0.1, 0.15) is 18.3 Å². The summed E-state index contributed by atoms with van der Waals surface area (Å²) in [6, 6.07) is 4.86. The Hall–Kier alpha value is -1.35. The van der Waals surface area contributed by atoms with Gasteiger partial charge in [-0.1, -0.05) is 24.6 Å². The minimum absolute atomic E-state index is 0.157. The molecule has 0 N–H and O–H groups in total. The van der Waals surface area contributed by atoms with Crippen LogP contribution in [-0.4, -0.2) is 9.55 Å². The van der Waals surface area contributed by atoms with Gasteiger partial charge in [-0.05, 0) is 17.7 Å². The van der Waals surface area contributed by atoms with Gasteiger partial charge in [0.1, 0.15) is 11.6 Å². The van der Waals surface area contributed by atoms with Crippen molar-refractivity contribution in [1.29, 1.82) is 0 Å². The summed E-state index contributed by atoms with van der Waals surface area (Å²) in [5, 5.41) is 0.157. The van der Waals surface area contributed by atoms with Crippen LogP contribution < -0.4 is 0 Å². The molecule has 0 unspecified atom stereocenters. The molecule has 0 aliphatic heterocycles. The Morgan fingerprint density at radius 2 is 2.25 bits per heavy atom. The standard InChI is InChI=1S/C12H12ClFN2/c1-2-12-15-5-6-16(12)8-9-3-4-10(13)11(14)7-9/h3-7H,2,8H2,1H3. The van der Waals surface area contributed by atoms with E-state index in [-0.39, 0.29) is 10.8 Å². The fraction of sp³-hybridized carbons (Fsp3) is 0.250. The van der Waals surface area contributed by atoms with Gasteiger partial charge in [-0.15, -0.1) is 0 Å². The zero-order valence-electron chi connectivity index (χ0n) is 8.95. The first-order valence-electron chi connectivity index (χ1n) is 5.14. The van der Waals surface area contributed by atoms with Crippen molar-refractivity contribution >= 4 is 11.6 Å². The van der Waals surface area contributed by atoms with E-state index in [9.17, 15) is 4.39 Å². The van der Waals surface area contributed by atoms with Crippen molar-refractivity contribution in [3.8, 4) is 0 Å². The van der Waals surface area contributed by atoms with Crippen LogP contribution in [-0.2, 0) is 13.0 Å². The smallest absolute Gasteiger partial charge is 0.142 e. The number of benzene rings is 1. The minimum Gasteiger partial charge on any atom is -0.331 e. The van der Waals surface area contributed by atoms with E-state index < -0.39 is 0 Å². The lowest BCUT2D eigenvalue weighted by atomic mass is 10.2. The van der Waals surface area contributed by atoms with Crippen molar-refractivity contribution in [1.82, 2.24) is 9.55 Å². The molecule has 0 radical (unpaired) electrons. The Bertz CT molecular complexity index is 494. The second-order valence-corrected chi connectivity index (χ2v) is 3.98. The van der Waals surface area contributed by atoms with Gasteiger partial charge in [0.25, 0.3) is 0 Å². The predicted molar refractivity (Wildman–Crippen MR) is 62.1 cm³/mol. The van der Waals surface area contributed by atoms with Gasteiger partial charge in [0.15, 0.2) is 0 Å². The number of hydrogen-bond acceptors (Lipinski definition) is 1. The van der Waals surface area contributed by atoms with Gasteiger partial charge in [-0.25, -0.2) is 9.37 Å². The molecule has 1 aromatic carbocycles. The molecule has 0 spiro atoms. The maximum absolute atomic E-state index is 13.2. The summed E-state index contributed by atoms with van der Waals surface area (Å²) >= 11 is 5.63. The van der Waals surface area contributed by atoms with Gasteiger partial charge in [0.05, 0.1) is 5.02 Å². The van der Waals surface area contributed by atoms with Crippen LogP contribution >= 0.6 is 11.6 Å². The quantitative estimate of drug-likeness (QED) is 0.803. The van der Waals surface area contributed by atoms with E-state index in [0.29, 0.717) is 6.54 Å². The van der Waals surface area contributed by atoms with E-state index in [1.165, 1.54) is 6.07 Å². The Morgan fingerprint density at radius 1 is 1.44 bits per heavy atom. The third-order valence-corrected chi connectivity index (χ3v) is 2.76. The highest BCUT2D eigenvalue weighted by molar-refractivity contribution is 6.30. The summed E-state index contributed by atoms with van der Waals surface area (Å²) in [6.07, 6.45) is 4.51. The number of aryl methyl sites for hydroxylation is 1. The van der Waals surface area contributed by atoms with Crippen molar-refractivity contribution in [2.24, 2.45) is 0 Å². The average molecular weight is 239 g/mol. The third-order valence-electron chi connectivity index (χ3n) is 2.45. The van der Waals surface area contributed by atoms with E-state index >= 15 is 0 Å². The average Bonchev–Trinajstić information content (AvgIpc) is 2.71. The van der Waals surface area contributed by atoms with Crippen molar-refractivity contribution in [3.63, 3.8) is 0 Å². The molecule has 0 atom stereocenters. The maximum Gasteiger partial charge on any atom is 0.142 e. The summed E-state index contributed by atoms with van der Waals surface area (Å²) in [5.41, 5.74) is 0.884. The van der Waals surface area contributed by atoms with Crippen molar-refractivity contribution in [3.05, 3.63) is 52.8 Å². The number of rotatable bonds is 3. The fourth-order valence-corrected chi connectivity index (χ4v) is 1.75. The van der Waals surface area contributed by atoms with Crippen LogP contribution in [0.15, 0.2) is 30.6 Å². The normalized spacial score (nSPS) is 10.7. The van der Waals surface area contributed by atoms with Crippen LogP contribution in [0.4, 0.5) is 4.39 Å². The Labute approximate surface area is 98.7 Å². The van der Waals surface area contributed by atoms with Gasteiger partial charge in [-0.3, -0.25) is 0 Å². The largest absolute Gasteiger partial charge is 0.331 e. The molecule has 0 fully saturated rings. The lowest BCUT2D eigenvalue weighted by Gasteiger charge is -2.07. The van der Waals surface area contributed by atoms with E-state index in [1.54, 1.807) is 12.3 Å². The summed E-state index contributed by atoms with van der Waals surface area (Å²) in [7, 11) is 0. The highest BCUT2D eigenvalue weighted by Crippen LogP contribution is 2.16. The van der Waals surface area contributed by atoms with Crippen LogP contribution in [0, 0.1) is 5.82 Å². The molecule has 0 amide bonds. The molecule has 16 heavy (non-hydrogen) atoms.